The number of carbonyl (C=O) groups excluding carboxylic acids is 2. The quantitative estimate of drug-likeness (QED) is 0.196. The fraction of sp³-hybridized carbons (Fsp3) is 0.348. The second kappa shape index (κ2) is 13.5. The predicted octanol–water partition coefficient (Wildman–Crippen LogP) is 3.01. The molecule has 0 bridgehead atoms. The van der Waals surface area contributed by atoms with E-state index in [4.69, 9.17) is 9.47 Å². The molecule has 0 aliphatic carbocycles. The molecule has 3 rings (SSSR count). The number of hydrogen-bond donors (Lipinski definition) is 3. The number of ether oxygens (including phenoxy) is 2. The molecule has 1 aliphatic heterocycles. The van der Waals surface area contributed by atoms with E-state index in [0.29, 0.717) is 23.6 Å². The highest BCUT2D eigenvalue weighted by Gasteiger charge is 2.16. The average Bonchev–Trinajstić information content (AvgIpc) is 3.40. The first-order valence-electron chi connectivity index (χ1n) is 11.4. The molecule has 0 aromatic heterocycles. The summed E-state index contributed by atoms with van der Waals surface area (Å²) in [7, 11) is 0. The molecule has 1 heterocycles. The van der Waals surface area contributed by atoms with E-state index in [1.807, 2.05) is 0 Å². The van der Waals surface area contributed by atoms with Crippen molar-refractivity contribution in [2.24, 2.45) is 10.9 Å². The third-order valence-corrected chi connectivity index (χ3v) is 5.44. The van der Waals surface area contributed by atoms with Gasteiger partial charge in [0.25, 0.3) is 11.4 Å². The Bertz CT molecular complexity index is 1050. The van der Waals surface area contributed by atoms with Crippen LogP contribution >= 0.6 is 0 Å². The molecule has 14 nitrogen and oxygen atoms in total. The zero-order valence-corrected chi connectivity index (χ0v) is 19.8. The smallest absolute Gasteiger partial charge is 0.414 e. The number of rotatable bonds is 9. The van der Waals surface area contributed by atoms with Gasteiger partial charge in [0, 0.05) is 30.8 Å². The molecule has 1 aliphatic rings. The number of amides is 2. The van der Waals surface area contributed by atoms with E-state index < -0.39 is 22.0 Å². The third kappa shape index (κ3) is 9.18. The Labute approximate surface area is 211 Å². The maximum atomic E-state index is 12.3. The summed E-state index contributed by atoms with van der Waals surface area (Å²) in [4.78, 5) is 49.3. The molecular formula is C23H26N6O8. The molecule has 37 heavy (non-hydrogen) atoms. The van der Waals surface area contributed by atoms with Gasteiger partial charge in [0.15, 0.2) is 0 Å². The van der Waals surface area contributed by atoms with Gasteiger partial charge >= 0.3 is 12.2 Å². The Morgan fingerprint density at radius 2 is 1.38 bits per heavy atom. The summed E-state index contributed by atoms with van der Waals surface area (Å²) in [6.45, 7) is 1.83. The molecule has 1 atom stereocenters. The van der Waals surface area contributed by atoms with Crippen molar-refractivity contribution in [3.05, 3.63) is 79.9 Å². The minimum Gasteiger partial charge on any atom is -0.444 e. The maximum absolute atomic E-state index is 12.3. The molecule has 196 valence electrons. The number of nitrogens with one attached hydrogen (secondary N) is 3. The average molecular weight is 514 g/mol. The summed E-state index contributed by atoms with van der Waals surface area (Å²) < 4.78 is 10.2. The normalized spacial score (nSPS) is 14.3. The topological polar surface area (TPSA) is 187 Å². The molecule has 1 fully saturated rings. The van der Waals surface area contributed by atoms with Crippen LogP contribution in [0.5, 0.6) is 0 Å². The van der Waals surface area contributed by atoms with Gasteiger partial charge in [0.05, 0.1) is 9.85 Å². The van der Waals surface area contributed by atoms with Crippen molar-refractivity contribution in [1.82, 2.24) is 16.0 Å². The summed E-state index contributed by atoms with van der Waals surface area (Å²) in [6.07, 6.45) is -0.0267. The number of non-ortho nitro benzene ring substituents is 2. The molecule has 0 saturated carbocycles. The van der Waals surface area contributed by atoms with E-state index in [0.717, 1.165) is 25.9 Å². The van der Waals surface area contributed by atoms with Gasteiger partial charge in [-0.1, -0.05) is 0 Å². The van der Waals surface area contributed by atoms with Crippen molar-refractivity contribution >= 4 is 29.5 Å². The Morgan fingerprint density at radius 1 is 0.892 bits per heavy atom. The minimum absolute atomic E-state index is 0.0866. The lowest BCUT2D eigenvalue weighted by Crippen LogP contribution is -2.44. The number of guanidine groups is 1. The van der Waals surface area contributed by atoms with Crippen LogP contribution in [0.25, 0.3) is 0 Å². The highest BCUT2D eigenvalue weighted by atomic mass is 16.6. The maximum Gasteiger partial charge on any atom is 0.414 e. The van der Waals surface area contributed by atoms with Crippen LogP contribution in [0.15, 0.2) is 53.5 Å². The van der Waals surface area contributed by atoms with E-state index in [2.05, 4.69) is 20.9 Å². The van der Waals surface area contributed by atoms with E-state index in [-0.39, 0.29) is 30.5 Å². The van der Waals surface area contributed by atoms with Gasteiger partial charge in [0.1, 0.15) is 13.2 Å². The molecule has 2 amide bonds. The Kier molecular flexibility index (Phi) is 9.84. The van der Waals surface area contributed by atoms with Crippen molar-refractivity contribution in [3.8, 4) is 0 Å². The largest absolute Gasteiger partial charge is 0.444 e. The zero-order chi connectivity index (χ0) is 26.6. The van der Waals surface area contributed by atoms with Crippen molar-refractivity contribution < 1.29 is 28.9 Å². The summed E-state index contributed by atoms with van der Waals surface area (Å²) >= 11 is 0. The van der Waals surface area contributed by atoms with Crippen LogP contribution in [0.2, 0.25) is 0 Å². The van der Waals surface area contributed by atoms with Gasteiger partial charge < -0.3 is 14.8 Å². The highest BCUT2D eigenvalue weighted by Crippen LogP contribution is 2.14. The number of nitro groups is 2. The van der Waals surface area contributed by atoms with Crippen LogP contribution in [0, 0.1) is 26.1 Å². The van der Waals surface area contributed by atoms with E-state index in [1.54, 1.807) is 0 Å². The fourth-order valence-corrected chi connectivity index (χ4v) is 3.42. The number of hydrogen-bond acceptors (Lipinski definition) is 10. The molecular weight excluding hydrogens is 488 g/mol. The molecule has 0 radical (unpaired) electrons. The van der Waals surface area contributed by atoms with Gasteiger partial charge in [-0.15, -0.1) is 0 Å². The zero-order valence-electron chi connectivity index (χ0n) is 19.8. The van der Waals surface area contributed by atoms with Crippen molar-refractivity contribution in [2.45, 2.75) is 26.1 Å². The summed E-state index contributed by atoms with van der Waals surface area (Å²) in [5.41, 5.74) is 0.889. The van der Waals surface area contributed by atoms with Gasteiger partial charge in [-0.3, -0.25) is 35.9 Å². The summed E-state index contributed by atoms with van der Waals surface area (Å²) in [6, 6.07) is 11.0. The van der Waals surface area contributed by atoms with Crippen LogP contribution in [-0.2, 0) is 22.7 Å². The minimum atomic E-state index is -0.893. The Morgan fingerprint density at radius 3 is 1.78 bits per heavy atom. The Hall–Kier alpha value is -4.59. The van der Waals surface area contributed by atoms with Crippen molar-refractivity contribution in [3.63, 3.8) is 0 Å². The molecule has 1 saturated heterocycles. The van der Waals surface area contributed by atoms with Gasteiger partial charge in [-0.25, -0.2) is 9.59 Å². The van der Waals surface area contributed by atoms with E-state index in [9.17, 15) is 29.8 Å². The van der Waals surface area contributed by atoms with E-state index >= 15 is 0 Å². The first-order chi connectivity index (χ1) is 17.8. The highest BCUT2D eigenvalue weighted by molar-refractivity contribution is 6.01. The van der Waals surface area contributed by atoms with Crippen LogP contribution in [0.1, 0.15) is 24.0 Å². The number of nitrogens with zero attached hydrogens (tertiary/aromatic N) is 3. The van der Waals surface area contributed by atoms with Gasteiger partial charge in [-0.2, -0.15) is 0 Å². The molecule has 0 spiro atoms. The van der Waals surface area contributed by atoms with Crippen LogP contribution < -0.4 is 16.0 Å². The molecule has 3 N–H and O–H groups in total. The number of nitro benzene ring substituents is 2. The lowest BCUT2D eigenvalue weighted by Gasteiger charge is -2.12. The van der Waals surface area contributed by atoms with Crippen LogP contribution in [0.3, 0.4) is 0 Å². The van der Waals surface area contributed by atoms with Crippen molar-refractivity contribution in [2.75, 3.05) is 19.6 Å². The summed E-state index contributed by atoms with van der Waals surface area (Å²) in [5, 5.41) is 29.5. The second-order valence-electron chi connectivity index (χ2n) is 8.13. The van der Waals surface area contributed by atoms with Crippen LogP contribution in [-0.4, -0.2) is 47.6 Å². The second-order valence-corrected chi connectivity index (χ2v) is 8.13. The third-order valence-electron chi connectivity index (χ3n) is 5.44. The lowest BCUT2D eigenvalue weighted by molar-refractivity contribution is -0.385. The number of benzene rings is 2. The molecule has 0 unspecified atom stereocenters. The van der Waals surface area contributed by atoms with Crippen molar-refractivity contribution in [1.29, 1.82) is 0 Å². The van der Waals surface area contributed by atoms with Crippen LogP contribution in [0.4, 0.5) is 21.0 Å². The first-order valence-corrected chi connectivity index (χ1v) is 11.4. The molecule has 2 aromatic carbocycles. The monoisotopic (exact) mass is 514 g/mol. The lowest BCUT2D eigenvalue weighted by atomic mass is 10.1. The van der Waals surface area contributed by atoms with E-state index in [1.165, 1.54) is 48.5 Å². The Balaban J connectivity index is 1.53. The molecule has 2 aromatic rings. The fourth-order valence-electron chi connectivity index (χ4n) is 3.42. The first kappa shape index (κ1) is 27.0. The van der Waals surface area contributed by atoms with Gasteiger partial charge in [0.2, 0.25) is 5.96 Å². The standard InChI is InChI=1S/C23H26N6O8/c30-22(36-14-17-1-5-19(6-2-17)28(32)33)26-21(25-12-10-16-9-11-24-13-16)27-23(31)37-15-18-3-7-20(8-4-18)29(34)35/h1-8,16,24H,9-15H2,(H2,25,26,27,30,31)/t16-/m0/s1. The summed E-state index contributed by atoms with van der Waals surface area (Å²) in [5.74, 6) is 0.279. The SMILES string of the molecule is O=C(NC(=NCC[C@@H]1CCNC1)NC(=O)OCc1ccc([N+](=O)[O-])cc1)OCc1ccc([N+](=O)[O-])cc1. The number of alkyl carbamates (subject to hydrolysis) is 2. The number of aliphatic imine (C=N–C) groups is 1. The predicted molar refractivity (Wildman–Crippen MR) is 131 cm³/mol. The number of carbonyl (C=O) groups is 2. The van der Waals surface area contributed by atoms with Gasteiger partial charge in [-0.05, 0) is 67.2 Å². The molecule has 14 heteroatoms.